The minimum absolute atomic E-state index is 0.0648. The monoisotopic (exact) mass is 356 g/mol. The first kappa shape index (κ1) is 19.9. The number of rotatable bonds is 9. The summed E-state index contributed by atoms with van der Waals surface area (Å²) in [5.74, 6) is 0.782. The molecule has 0 aromatic heterocycles. The Morgan fingerprint density at radius 1 is 1.00 bits per heavy atom. The first-order valence-electron chi connectivity index (χ1n) is 8.75. The lowest BCUT2D eigenvalue weighted by atomic mass is 10.0. The summed E-state index contributed by atoms with van der Waals surface area (Å²) >= 11 is 0. The summed E-state index contributed by atoms with van der Waals surface area (Å²) in [6.45, 7) is 3.16. The highest BCUT2D eigenvalue weighted by Gasteiger charge is 2.20. The molecule has 0 saturated heterocycles. The number of likely N-dealkylation sites (N-methyl/N-ethyl adjacent to an activating group) is 1. The number of methoxy groups -OCH3 is 1. The fourth-order valence-corrected chi connectivity index (χ4v) is 2.79. The zero-order valence-electron chi connectivity index (χ0n) is 16.0. The maximum Gasteiger partial charge on any atom is 0.260 e. The Bertz CT molecular complexity index is 673. The summed E-state index contributed by atoms with van der Waals surface area (Å²) in [6, 6.07) is 18.5. The Hall–Kier alpha value is -2.37. The molecule has 2 aromatic carbocycles. The Balaban J connectivity index is 2.10. The first-order chi connectivity index (χ1) is 12.5. The van der Waals surface area contributed by atoms with Crippen molar-refractivity contribution in [2.45, 2.75) is 25.9 Å². The normalized spacial score (nSPS) is 12.0. The molecular weight excluding hydrogens is 328 g/mol. The van der Waals surface area contributed by atoms with Gasteiger partial charge >= 0.3 is 0 Å². The molecule has 0 aliphatic heterocycles. The van der Waals surface area contributed by atoms with Crippen LogP contribution in [0.1, 0.15) is 18.1 Å². The number of hydroxylamine groups is 2. The number of ether oxygens (including phenoxy) is 1. The van der Waals surface area contributed by atoms with Crippen LogP contribution in [0, 0.1) is 0 Å². The molecule has 0 spiro atoms. The lowest BCUT2D eigenvalue weighted by molar-refractivity contribution is -0.170. The lowest BCUT2D eigenvalue weighted by Crippen LogP contribution is -2.42. The fourth-order valence-electron chi connectivity index (χ4n) is 2.79. The van der Waals surface area contributed by atoms with Gasteiger partial charge in [0.05, 0.1) is 20.8 Å². The molecule has 0 fully saturated rings. The third-order valence-corrected chi connectivity index (χ3v) is 4.51. The largest absolute Gasteiger partial charge is 0.497 e. The lowest BCUT2D eigenvalue weighted by Gasteiger charge is -2.30. The van der Waals surface area contributed by atoms with Gasteiger partial charge in [0.25, 0.3) is 5.91 Å². The third kappa shape index (κ3) is 5.86. The second kappa shape index (κ2) is 9.94. The molecule has 140 valence electrons. The SMILES string of the molecule is COc1ccc(C[C@@H](C)N(CC(=O)N(C)OC)Cc2ccccc2)cc1. The van der Waals surface area contributed by atoms with E-state index in [1.165, 1.54) is 23.3 Å². The van der Waals surface area contributed by atoms with Crippen LogP contribution in [-0.4, -0.2) is 49.7 Å². The van der Waals surface area contributed by atoms with Gasteiger partial charge in [0.1, 0.15) is 5.75 Å². The van der Waals surface area contributed by atoms with Crippen molar-refractivity contribution in [1.82, 2.24) is 9.96 Å². The van der Waals surface area contributed by atoms with Gasteiger partial charge in [0, 0.05) is 19.6 Å². The molecule has 0 unspecified atom stereocenters. The smallest absolute Gasteiger partial charge is 0.260 e. The molecule has 0 aliphatic rings. The Morgan fingerprint density at radius 2 is 1.65 bits per heavy atom. The van der Waals surface area contributed by atoms with Gasteiger partial charge in [0.2, 0.25) is 0 Å². The number of carbonyl (C=O) groups excluding carboxylic acids is 1. The van der Waals surface area contributed by atoms with E-state index < -0.39 is 0 Å². The molecule has 5 nitrogen and oxygen atoms in total. The summed E-state index contributed by atoms with van der Waals surface area (Å²) < 4.78 is 5.22. The van der Waals surface area contributed by atoms with E-state index in [1.54, 1.807) is 14.2 Å². The highest BCUT2D eigenvalue weighted by atomic mass is 16.7. The zero-order chi connectivity index (χ0) is 18.9. The van der Waals surface area contributed by atoms with Gasteiger partial charge in [-0.25, -0.2) is 5.06 Å². The third-order valence-electron chi connectivity index (χ3n) is 4.51. The van der Waals surface area contributed by atoms with Crippen LogP contribution < -0.4 is 4.74 Å². The molecule has 0 N–H and O–H groups in total. The molecule has 26 heavy (non-hydrogen) atoms. The van der Waals surface area contributed by atoms with Crippen LogP contribution in [0.3, 0.4) is 0 Å². The quantitative estimate of drug-likeness (QED) is 0.647. The molecule has 0 radical (unpaired) electrons. The highest BCUT2D eigenvalue weighted by Crippen LogP contribution is 2.16. The summed E-state index contributed by atoms with van der Waals surface area (Å²) in [5.41, 5.74) is 2.39. The number of benzene rings is 2. The molecule has 2 aromatic rings. The summed E-state index contributed by atoms with van der Waals surface area (Å²) in [4.78, 5) is 19.6. The molecule has 0 heterocycles. The van der Waals surface area contributed by atoms with E-state index in [0.717, 1.165) is 12.2 Å². The molecular formula is C21H28N2O3. The summed E-state index contributed by atoms with van der Waals surface area (Å²) in [7, 11) is 4.80. The van der Waals surface area contributed by atoms with Crippen molar-refractivity contribution < 1.29 is 14.4 Å². The van der Waals surface area contributed by atoms with Gasteiger partial charge in [-0.15, -0.1) is 0 Å². The summed E-state index contributed by atoms with van der Waals surface area (Å²) in [6.07, 6.45) is 0.848. The van der Waals surface area contributed by atoms with E-state index in [1.807, 2.05) is 30.3 Å². The van der Waals surface area contributed by atoms with Gasteiger partial charge in [-0.2, -0.15) is 0 Å². The predicted molar refractivity (Wildman–Crippen MR) is 103 cm³/mol. The second-order valence-electron chi connectivity index (χ2n) is 6.37. The minimum Gasteiger partial charge on any atom is -0.497 e. The van der Waals surface area contributed by atoms with E-state index in [0.29, 0.717) is 13.1 Å². The number of hydrogen-bond donors (Lipinski definition) is 0. The van der Waals surface area contributed by atoms with Crippen molar-refractivity contribution in [3.8, 4) is 5.75 Å². The van der Waals surface area contributed by atoms with E-state index >= 15 is 0 Å². The van der Waals surface area contributed by atoms with Crippen LogP contribution in [0.2, 0.25) is 0 Å². The maximum atomic E-state index is 12.4. The average Bonchev–Trinajstić information content (AvgIpc) is 2.68. The zero-order valence-corrected chi connectivity index (χ0v) is 16.0. The Labute approximate surface area is 156 Å². The van der Waals surface area contributed by atoms with Gasteiger partial charge in [-0.1, -0.05) is 42.5 Å². The number of amides is 1. The molecule has 1 amide bonds. The number of nitrogens with zero attached hydrogens (tertiary/aromatic N) is 2. The van der Waals surface area contributed by atoms with Crippen LogP contribution >= 0.6 is 0 Å². The standard InChI is InChI=1S/C21H28N2O3/c1-17(14-18-10-12-20(25-3)13-11-18)23(16-21(24)22(2)26-4)15-19-8-6-5-7-9-19/h5-13,17H,14-16H2,1-4H3/t17-/m1/s1. The van der Waals surface area contributed by atoms with Crippen molar-refractivity contribution >= 4 is 5.91 Å². The number of hydrogen-bond acceptors (Lipinski definition) is 4. The van der Waals surface area contributed by atoms with Gasteiger partial charge in [-0.3, -0.25) is 14.5 Å². The molecule has 5 heteroatoms. The van der Waals surface area contributed by atoms with Gasteiger partial charge < -0.3 is 4.74 Å². The van der Waals surface area contributed by atoms with Crippen molar-refractivity contribution in [2.24, 2.45) is 0 Å². The minimum atomic E-state index is -0.0648. The first-order valence-corrected chi connectivity index (χ1v) is 8.75. The highest BCUT2D eigenvalue weighted by molar-refractivity contribution is 5.76. The fraction of sp³-hybridized carbons (Fsp3) is 0.381. The van der Waals surface area contributed by atoms with Gasteiger partial charge in [0.15, 0.2) is 0 Å². The predicted octanol–water partition coefficient (Wildman–Crippen LogP) is 3.15. The second-order valence-corrected chi connectivity index (χ2v) is 6.37. The molecule has 0 bridgehead atoms. The molecule has 0 aliphatic carbocycles. The van der Waals surface area contributed by atoms with Crippen molar-refractivity contribution in [3.05, 3.63) is 65.7 Å². The topological polar surface area (TPSA) is 42.0 Å². The Kier molecular flexibility index (Phi) is 7.63. The van der Waals surface area contributed by atoms with E-state index in [4.69, 9.17) is 9.57 Å². The molecule has 0 saturated carbocycles. The van der Waals surface area contributed by atoms with E-state index in [2.05, 4.69) is 36.1 Å². The van der Waals surface area contributed by atoms with Crippen LogP contribution in [0.4, 0.5) is 0 Å². The van der Waals surface area contributed by atoms with Crippen molar-refractivity contribution in [3.63, 3.8) is 0 Å². The van der Waals surface area contributed by atoms with Crippen LogP contribution in [0.15, 0.2) is 54.6 Å². The van der Waals surface area contributed by atoms with E-state index in [-0.39, 0.29) is 11.9 Å². The van der Waals surface area contributed by atoms with Gasteiger partial charge in [-0.05, 0) is 36.6 Å². The number of carbonyl (C=O) groups is 1. The Morgan fingerprint density at radius 3 is 2.23 bits per heavy atom. The van der Waals surface area contributed by atoms with Crippen LogP contribution in [0.5, 0.6) is 5.75 Å². The average molecular weight is 356 g/mol. The maximum absolute atomic E-state index is 12.4. The molecule has 1 atom stereocenters. The van der Waals surface area contributed by atoms with Crippen molar-refractivity contribution in [1.29, 1.82) is 0 Å². The van der Waals surface area contributed by atoms with Crippen LogP contribution in [0.25, 0.3) is 0 Å². The van der Waals surface area contributed by atoms with Crippen molar-refractivity contribution in [2.75, 3.05) is 27.8 Å². The molecule has 2 rings (SSSR count). The summed E-state index contributed by atoms with van der Waals surface area (Å²) in [5, 5.41) is 1.28. The van der Waals surface area contributed by atoms with E-state index in [9.17, 15) is 4.79 Å². The van der Waals surface area contributed by atoms with Crippen LogP contribution in [-0.2, 0) is 22.6 Å².